The Morgan fingerprint density at radius 1 is 1.43 bits per heavy atom. The summed E-state index contributed by atoms with van der Waals surface area (Å²) in [6.07, 6.45) is 5.50. The van der Waals surface area contributed by atoms with Crippen LogP contribution in [0.2, 0.25) is 0 Å². The fourth-order valence-electron chi connectivity index (χ4n) is 3.76. The number of hydrogen-bond acceptors (Lipinski definition) is 3. The number of pyridine rings is 1. The molecule has 0 unspecified atom stereocenters. The third-order valence-corrected chi connectivity index (χ3v) is 5.09. The van der Waals surface area contributed by atoms with Crippen LogP contribution in [0, 0.1) is 5.92 Å². The van der Waals surface area contributed by atoms with Gasteiger partial charge in [-0.25, -0.2) is 4.39 Å². The van der Waals surface area contributed by atoms with Crippen molar-refractivity contribution < 1.29 is 9.18 Å². The molecule has 1 amide bonds. The number of nitrogens with zero attached hydrogens (tertiary/aromatic N) is 3. The first-order valence-electron chi connectivity index (χ1n) is 7.77. The summed E-state index contributed by atoms with van der Waals surface area (Å²) in [5.41, 5.74) is -0.328. The Morgan fingerprint density at radius 2 is 2.29 bits per heavy atom. The van der Waals surface area contributed by atoms with Crippen LogP contribution in [0.3, 0.4) is 0 Å². The zero-order valence-electron chi connectivity index (χ0n) is 12.0. The van der Waals surface area contributed by atoms with Crippen molar-refractivity contribution in [1.82, 2.24) is 14.8 Å². The molecule has 0 spiro atoms. The highest BCUT2D eigenvalue weighted by atomic mass is 19.1. The second kappa shape index (κ2) is 4.77. The average Bonchev–Trinajstić information content (AvgIpc) is 2.94. The molecule has 3 aliphatic rings. The molecule has 1 aliphatic carbocycles. The molecular weight excluding hydrogens is 269 g/mol. The minimum atomic E-state index is -1.52. The zero-order chi connectivity index (χ0) is 14.4. The maximum Gasteiger partial charge on any atom is 0.260 e. The first-order chi connectivity index (χ1) is 10.2. The molecule has 3 heterocycles. The van der Waals surface area contributed by atoms with Crippen LogP contribution in [0.15, 0.2) is 24.5 Å². The molecule has 21 heavy (non-hydrogen) atoms. The molecule has 4 nitrogen and oxygen atoms in total. The van der Waals surface area contributed by atoms with Crippen molar-refractivity contribution >= 4 is 5.91 Å². The van der Waals surface area contributed by atoms with Gasteiger partial charge in [-0.15, -0.1) is 0 Å². The Morgan fingerprint density at radius 3 is 3.00 bits per heavy atom. The van der Waals surface area contributed by atoms with E-state index in [4.69, 9.17) is 0 Å². The molecule has 1 saturated carbocycles. The lowest BCUT2D eigenvalue weighted by atomic mass is 10.1. The van der Waals surface area contributed by atoms with Gasteiger partial charge in [0.2, 0.25) is 0 Å². The van der Waals surface area contributed by atoms with Crippen LogP contribution in [0.25, 0.3) is 0 Å². The van der Waals surface area contributed by atoms with Crippen LogP contribution in [0.4, 0.5) is 4.39 Å². The van der Waals surface area contributed by atoms with Gasteiger partial charge in [-0.2, -0.15) is 0 Å². The Bertz CT molecular complexity index is 546. The second-order valence-electron chi connectivity index (χ2n) is 6.64. The molecule has 0 radical (unpaired) electrons. The first kappa shape index (κ1) is 13.2. The largest absolute Gasteiger partial charge is 0.335 e. The third-order valence-electron chi connectivity index (χ3n) is 5.09. The Kier molecular flexibility index (Phi) is 2.99. The van der Waals surface area contributed by atoms with Crippen molar-refractivity contribution in [3.8, 4) is 0 Å². The van der Waals surface area contributed by atoms with Gasteiger partial charge >= 0.3 is 0 Å². The topological polar surface area (TPSA) is 36.4 Å². The van der Waals surface area contributed by atoms with Crippen LogP contribution >= 0.6 is 0 Å². The van der Waals surface area contributed by atoms with E-state index in [0.29, 0.717) is 18.8 Å². The second-order valence-corrected chi connectivity index (χ2v) is 6.64. The summed E-state index contributed by atoms with van der Waals surface area (Å²) in [4.78, 5) is 20.6. The maximum atomic E-state index is 14.0. The van der Waals surface area contributed by atoms with E-state index in [1.165, 1.54) is 5.56 Å². The summed E-state index contributed by atoms with van der Waals surface area (Å²) >= 11 is 0. The van der Waals surface area contributed by atoms with Gasteiger partial charge in [-0.1, -0.05) is 6.07 Å². The summed E-state index contributed by atoms with van der Waals surface area (Å²) in [6, 6.07) is 4.23. The predicted octanol–water partition coefficient (Wildman–Crippen LogP) is 1.62. The minimum Gasteiger partial charge on any atom is -0.335 e. The minimum absolute atomic E-state index is 0.211. The Balaban J connectivity index is 1.42. The lowest BCUT2D eigenvalue weighted by Gasteiger charge is -2.26. The van der Waals surface area contributed by atoms with Crippen molar-refractivity contribution in [3.63, 3.8) is 0 Å². The Hall–Kier alpha value is -1.49. The molecule has 0 aromatic carbocycles. The first-order valence-corrected chi connectivity index (χ1v) is 7.77. The van der Waals surface area contributed by atoms with Crippen molar-refractivity contribution in [2.24, 2.45) is 5.92 Å². The van der Waals surface area contributed by atoms with Crippen LogP contribution in [-0.4, -0.2) is 52.0 Å². The number of fused-ring (bicyclic) bond motifs is 1. The molecule has 4 rings (SSSR count). The van der Waals surface area contributed by atoms with E-state index in [0.717, 1.165) is 32.6 Å². The van der Waals surface area contributed by atoms with Gasteiger partial charge < -0.3 is 4.90 Å². The van der Waals surface area contributed by atoms with E-state index in [1.807, 2.05) is 17.2 Å². The molecule has 0 N–H and O–H groups in total. The van der Waals surface area contributed by atoms with E-state index >= 15 is 0 Å². The monoisotopic (exact) mass is 289 g/mol. The molecule has 1 aromatic heterocycles. The van der Waals surface area contributed by atoms with Crippen LogP contribution in [-0.2, 0) is 11.3 Å². The summed E-state index contributed by atoms with van der Waals surface area (Å²) in [5.74, 6) is 0.256. The van der Waals surface area contributed by atoms with Gasteiger partial charge in [0, 0.05) is 44.6 Å². The highest BCUT2D eigenvalue weighted by Gasteiger charge is 2.56. The Labute approximate surface area is 123 Å². The number of halogens is 1. The SMILES string of the molecule is O=C(N1CC[C@H]2CN(Cc3cccnc3)C[C@H]21)C1(F)CC1. The fraction of sp³-hybridized carbons (Fsp3) is 0.625. The van der Waals surface area contributed by atoms with Gasteiger partial charge in [0.1, 0.15) is 0 Å². The van der Waals surface area contributed by atoms with Crippen molar-refractivity contribution in [2.75, 3.05) is 19.6 Å². The number of hydrogen-bond donors (Lipinski definition) is 0. The third kappa shape index (κ3) is 2.33. The summed E-state index contributed by atoms with van der Waals surface area (Å²) in [5, 5.41) is 0. The van der Waals surface area contributed by atoms with Gasteiger partial charge in [0.15, 0.2) is 5.67 Å². The van der Waals surface area contributed by atoms with Crippen molar-refractivity contribution in [1.29, 1.82) is 0 Å². The molecule has 2 aliphatic heterocycles. The smallest absolute Gasteiger partial charge is 0.260 e. The molecule has 2 saturated heterocycles. The average molecular weight is 289 g/mol. The summed E-state index contributed by atoms with van der Waals surface area (Å²) in [7, 11) is 0. The van der Waals surface area contributed by atoms with E-state index < -0.39 is 5.67 Å². The van der Waals surface area contributed by atoms with E-state index in [9.17, 15) is 9.18 Å². The number of likely N-dealkylation sites (tertiary alicyclic amines) is 2. The highest BCUT2D eigenvalue weighted by Crippen LogP contribution is 2.44. The summed E-state index contributed by atoms with van der Waals surface area (Å²) < 4.78 is 14.0. The number of amides is 1. The molecule has 112 valence electrons. The molecule has 5 heteroatoms. The number of carbonyl (C=O) groups is 1. The fourth-order valence-corrected chi connectivity index (χ4v) is 3.76. The quantitative estimate of drug-likeness (QED) is 0.848. The number of carbonyl (C=O) groups excluding carboxylic acids is 1. The molecule has 0 bridgehead atoms. The van der Waals surface area contributed by atoms with Crippen LogP contribution in [0.5, 0.6) is 0 Å². The van der Waals surface area contributed by atoms with E-state index in [2.05, 4.69) is 16.0 Å². The molecule has 2 atom stereocenters. The van der Waals surface area contributed by atoms with E-state index in [1.54, 1.807) is 6.20 Å². The number of alkyl halides is 1. The predicted molar refractivity (Wildman–Crippen MR) is 76.2 cm³/mol. The van der Waals surface area contributed by atoms with Gasteiger partial charge in [-0.05, 0) is 36.8 Å². The zero-order valence-corrected chi connectivity index (χ0v) is 12.0. The highest BCUT2D eigenvalue weighted by molar-refractivity contribution is 5.88. The van der Waals surface area contributed by atoms with Crippen molar-refractivity contribution in [2.45, 2.75) is 37.5 Å². The van der Waals surface area contributed by atoms with Crippen LogP contribution < -0.4 is 0 Å². The summed E-state index contributed by atoms with van der Waals surface area (Å²) in [6.45, 7) is 3.47. The number of aromatic nitrogens is 1. The molecule has 3 fully saturated rings. The number of rotatable bonds is 3. The maximum absolute atomic E-state index is 14.0. The van der Waals surface area contributed by atoms with Gasteiger partial charge in [0.05, 0.1) is 0 Å². The standard InChI is InChI=1S/C16H20FN3O/c17-16(4-5-16)15(21)20-7-3-13-10-19(11-14(13)20)9-12-2-1-6-18-8-12/h1-2,6,8,13-14H,3-5,7,9-11H2/t13-,14+/m0/s1. The lowest BCUT2D eigenvalue weighted by molar-refractivity contribution is -0.139. The van der Waals surface area contributed by atoms with Crippen molar-refractivity contribution in [3.05, 3.63) is 30.1 Å². The van der Waals surface area contributed by atoms with Gasteiger partial charge in [-0.3, -0.25) is 14.7 Å². The molecule has 1 aromatic rings. The normalized spacial score (nSPS) is 30.4. The lowest BCUT2D eigenvalue weighted by Crippen LogP contribution is -2.44. The molecular formula is C16H20FN3O. The van der Waals surface area contributed by atoms with E-state index in [-0.39, 0.29) is 11.9 Å². The van der Waals surface area contributed by atoms with Crippen LogP contribution in [0.1, 0.15) is 24.8 Å². The van der Waals surface area contributed by atoms with Gasteiger partial charge in [0.25, 0.3) is 5.91 Å².